The third-order valence-electron chi connectivity index (χ3n) is 7.07. The quantitative estimate of drug-likeness (QED) is 0.319. The molecule has 38 heavy (non-hydrogen) atoms. The Morgan fingerprint density at radius 2 is 1.76 bits per heavy atom. The molecule has 8 nitrogen and oxygen atoms in total. The topological polar surface area (TPSA) is 84.2 Å². The van der Waals surface area contributed by atoms with Crippen LogP contribution in [0.1, 0.15) is 24.7 Å². The molecule has 0 atom stereocenters. The lowest BCUT2D eigenvalue weighted by molar-refractivity contribution is -0.131. The Hall–Kier alpha value is -3.14. The van der Waals surface area contributed by atoms with Crippen LogP contribution in [-0.4, -0.2) is 67.1 Å². The highest BCUT2D eigenvalue weighted by Gasteiger charge is 2.24. The van der Waals surface area contributed by atoms with Crippen molar-refractivity contribution < 1.29 is 17.9 Å². The van der Waals surface area contributed by atoms with Crippen LogP contribution in [-0.2, 0) is 26.0 Å². The monoisotopic (exact) mass is 554 g/mol. The highest BCUT2D eigenvalue weighted by molar-refractivity contribution is 7.91. The molecule has 5 rings (SSSR count). The lowest BCUT2D eigenvalue weighted by Gasteiger charge is -2.36. The van der Waals surface area contributed by atoms with Crippen molar-refractivity contribution in [2.45, 2.75) is 31.8 Å². The first-order valence-electron chi connectivity index (χ1n) is 12.8. The molecule has 4 aromatic rings. The van der Waals surface area contributed by atoms with E-state index in [0.29, 0.717) is 44.4 Å². The van der Waals surface area contributed by atoms with Gasteiger partial charge in [-0.2, -0.15) is 0 Å². The molecule has 1 amide bonds. The Morgan fingerprint density at radius 1 is 1.03 bits per heavy atom. The van der Waals surface area contributed by atoms with Crippen molar-refractivity contribution in [3.63, 3.8) is 0 Å². The first-order chi connectivity index (χ1) is 18.2. The van der Waals surface area contributed by atoms with Crippen LogP contribution in [0.15, 0.2) is 59.6 Å². The van der Waals surface area contributed by atoms with Gasteiger partial charge in [0.2, 0.25) is 5.91 Å². The van der Waals surface area contributed by atoms with E-state index >= 15 is 0 Å². The van der Waals surface area contributed by atoms with Crippen LogP contribution in [0, 0.1) is 6.92 Å². The van der Waals surface area contributed by atoms with E-state index in [1.54, 1.807) is 41.3 Å². The molecule has 1 saturated heterocycles. The molecule has 0 N–H and O–H groups in total. The van der Waals surface area contributed by atoms with E-state index in [2.05, 4.69) is 26.4 Å². The van der Waals surface area contributed by atoms with Gasteiger partial charge in [-0.15, -0.1) is 0 Å². The second kappa shape index (κ2) is 10.9. The van der Waals surface area contributed by atoms with Gasteiger partial charge in [0.05, 0.1) is 28.6 Å². The standard InChI is InChI=1S/C28H31ClN4O4S/c1-3-37-19-26-20(2)30-27-18-24(8-10-33(26)27)31-11-13-32(14-12-31)28(34)9-15-38(35,36)25-7-5-21-16-23(29)6-4-22(21)17-25/h4-8,10,16-18H,3,9,11-15,19H2,1-2H3. The number of carbonyl (C=O) groups is 1. The second-order valence-electron chi connectivity index (χ2n) is 9.48. The molecule has 0 aliphatic carbocycles. The summed E-state index contributed by atoms with van der Waals surface area (Å²) in [5.41, 5.74) is 3.92. The van der Waals surface area contributed by atoms with Crippen LogP contribution in [0.2, 0.25) is 5.02 Å². The molecule has 0 saturated carbocycles. The summed E-state index contributed by atoms with van der Waals surface area (Å²) in [5, 5.41) is 2.27. The van der Waals surface area contributed by atoms with Crippen LogP contribution in [0.3, 0.4) is 0 Å². The molecule has 0 unspecified atom stereocenters. The number of sulfone groups is 1. The molecule has 0 bridgehead atoms. The van der Waals surface area contributed by atoms with Gasteiger partial charge >= 0.3 is 0 Å². The van der Waals surface area contributed by atoms with Gasteiger partial charge < -0.3 is 18.9 Å². The van der Waals surface area contributed by atoms with Crippen molar-refractivity contribution in [2.24, 2.45) is 0 Å². The fraction of sp³-hybridized carbons (Fsp3) is 0.357. The molecule has 0 spiro atoms. The van der Waals surface area contributed by atoms with Crippen molar-refractivity contribution in [2.75, 3.05) is 43.4 Å². The number of fused-ring (bicyclic) bond motifs is 2. The van der Waals surface area contributed by atoms with Crippen LogP contribution in [0.25, 0.3) is 16.4 Å². The van der Waals surface area contributed by atoms with Crippen molar-refractivity contribution in [3.05, 3.63) is 71.1 Å². The number of rotatable bonds is 8. The summed E-state index contributed by atoms with van der Waals surface area (Å²) in [6.07, 6.45) is 1.98. The summed E-state index contributed by atoms with van der Waals surface area (Å²) in [7, 11) is -3.59. The highest BCUT2D eigenvalue weighted by Crippen LogP contribution is 2.24. The van der Waals surface area contributed by atoms with E-state index in [0.717, 1.165) is 33.5 Å². The maximum atomic E-state index is 12.9. The molecule has 1 fully saturated rings. The van der Waals surface area contributed by atoms with Gasteiger partial charge in [-0.1, -0.05) is 23.7 Å². The SMILES string of the molecule is CCOCc1c(C)nc2cc(N3CCN(C(=O)CCS(=O)(=O)c4ccc5cc(Cl)ccc5c4)CC3)ccn12. The minimum atomic E-state index is -3.59. The van der Waals surface area contributed by atoms with E-state index in [1.807, 2.05) is 20.0 Å². The van der Waals surface area contributed by atoms with Gasteiger partial charge in [0.15, 0.2) is 9.84 Å². The molecule has 200 valence electrons. The van der Waals surface area contributed by atoms with Crippen molar-refractivity contribution in [3.8, 4) is 0 Å². The molecule has 1 aliphatic heterocycles. The minimum absolute atomic E-state index is 0.0388. The van der Waals surface area contributed by atoms with Gasteiger partial charge in [-0.3, -0.25) is 4.79 Å². The minimum Gasteiger partial charge on any atom is -0.375 e. The molecule has 10 heteroatoms. The number of benzene rings is 2. The fourth-order valence-corrected chi connectivity index (χ4v) is 6.31. The first kappa shape index (κ1) is 26.5. The van der Waals surface area contributed by atoms with E-state index in [1.165, 1.54) is 0 Å². The van der Waals surface area contributed by atoms with E-state index in [9.17, 15) is 13.2 Å². The molecule has 3 heterocycles. The Balaban J connectivity index is 1.18. The number of piperazine rings is 1. The zero-order chi connectivity index (χ0) is 26.9. The van der Waals surface area contributed by atoms with Crippen molar-refractivity contribution >= 4 is 49.5 Å². The third-order valence-corrected chi connectivity index (χ3v) is 9.02. The Bertz CT molecular complexity index is 1590. The Kier molecular flexibility index (Phi) is 7.61. The van der Waals surface area contributed by atoms with Gasteiger partial charge in [0.25, 0.3) is 0 Å². The normalized spacial score (nSPS) is 14.5. The molecule has 0 radical (unpaired) electrons. The summed E-state index contributed by atoms with van der Waals surface area (Å²) < 4.78 is 33.5. The highest BCUT2D eigenvalue weighted by atomic mass is 35.5. The molecule has 2 aromatic carbocycles. The number of imidazole rings is 1. The number of nitrogens with zero attached hydrogens (tertiary/aromatic N) is 4. The number of aromatic nitrogens is 2. The predicted molar refractivity (Wildman–Crippen MR) is 150 cm³/mol. The molecular weight excluding hydrogens is 524 g/mol. The van der Waals surface area contributed by atoms with Crippen LogP contribution in [0.5, 0.6) is 0 Å². The number of aryl methyl sites for hydroxylation is 1. The predicted octanol–water partition coefficient (Wildman–Crippen LogP) is 4.50. The van der Waals surface area contributed by atoms with Crippen LogP contribution in [0.4, 0.5) is 5.69 Å². The van der Waals surface area contributed by atoms with E-state index in [-0.39, 0.29) is 23.0 Å². The summed E-state index contributed by atoms with van der Waals surface area (Å²) in [4.78, 5) is 21.8. The third kappa shape index (κ3) is 5.50. The van der Waals surface area contributed by atoms with E-state index < -0.39 is 9.84 Å². The number of pyridine rings is 1. The van der Waals surface area contributed by atoms with Crippen molar-refractivity contribution in [1.82, 2.24) is 14.3 Å². The van der Waals surface area contributed by atoms with Crippen molar-refractivity contribution in [1.29, 1.82) is 0 Å². The Labute approximate surface area is 227 Å². The number of hydrogen-bond donors (Lipinski definition) is 0. The largest absolute Gasteiger partial charge is 0.375 e. The molecular formula is C28H31ClN4O4S. The van der Waals surface area contributed by atoms with Crippen LogP contribution < -0.4 is 4.90 Å². The number of carbonyl (C=O) groups excluding carboxylic acids is 1. The van der Waals surface area contributed by atoms with E-state index in [4.69, 9.17) is 16.3 Å². The molecule has 2 aromatic heterocycles. The maximum Gasteiger partial charge on any atom is 0.223 e. The Morgan fingerprint density at radius 3 is 2.53 bits per heavy atom. The average molecular weight is 555 g/mol. The summed E-state index contributed by atoms with van der Waals surface area (Å²) >= 11 is 6.02. The van der Waals surface area contributed by atoms with Crippen LogP contribution >= 0.6 is 11.6 Å². The fourth-order valence-electron chi connectivity index (χ4n) is 4.87. The zero-order valence-electron chi connectivity index (χ0n) is 21.6. The van der Waals surface area contributed by atoms with Gasteiger partial charge in [0, 0.05) is 62.2 Å². The summed E-state index contributed by atoms with van der Waals surface area (Å²) in [6.45, 7) is 7.58. The number of amides is 1. The number of halogens is 1. The second-order valence-corrected chi connectivity index (χ2v) is 12.0. The van der Waals surface area contributed by atoms with Gasteiger partial charge in [-0.25, -0.2) is 13.4 Å². The lowest BCUT2D eigenvalue weighted by atomic mass is 10.1. The average Bonchev–Trinajstić information content (AvgIpc) is 3.24. The smallest absolute Gasteiger partial charge is 0.223 e. The number of anilines is 1. The zero-order valence-corrected chi connectivity index (χ0v) is 23.1. The summed E-state index contributed by atoms with van der Waals surface area (Å²) in [5.74, 6) is -0.355. The number of hydrogen-bond acceptors (Lipinski definition) is 6. The first-order valence-corrected chi connectivity index (χ1v) is 14.8. The lowest BCUT2D eigenvalue weighted by Crippen LogP contribution is -2.49. The molecule has 1 aliphatic rings. The van der Waals surface area contributed by atoms with Gasteiger partial charge in [-0.05, 0) is 55.0 Å². The summed E-state index contributed by atoms with van der Waals surface area (Å²) in [6, 6.07) is 14.4. The number of ether oxygens (including phenoxy) is 1. The maximum absolute atomic E-state index is 12.9. The van der Waals surface area contributed by atoms with Gasteiger partial charge in [0.1, 0.15) is 5.65 Å².